The van der Waals surface area contributed by atoms with E-state index in [1.165, 1.54) is 41.5 Å². The highest BCUT2D eigenvalue weighted by Crippen LogP contribution is 2.27. The molecule has 0 unspecified atom stereocenters. The van der Waals surface area contributed by atoms with Crippen LogP contribution in [0.5, 0.6) is 0 Å². The van der Waals surface area contributed by atoms with Gasteiger partial charge in [0, 0.05) is 0 Å². The Balaban J connectivity index is 1.91. The fraction of sp³-hybridized carbons (Fsp3) is 0.182. The van der Waals surface area contributed by atoms with E-state index in [2.05, 4.69) is 15.0 Å². The number of ether oxygens (including phenoxy) is 1. The minimum atomic E-state index is -0.460. The molecule has 0 atom stereocenters. The second-order valence-electron chi connectivity index (χ2n) is 3.51. The average molecular weight is 329 g/mol. The molecule has 0 aromatic carbocycles. The lowest BCUT2D eigenvalue weighted by Crippen LogP contribution is -2.15. The largest absolute Gasteiger partial charge is 0.465 e. The lowest BCUT2D eigenvalue weighted by molar-refractivity contribution is -0.113. The van der Waals surface area contributed by atoms with Crippen molar-refractivity contribution in [2.45, 2.75) is 4.21 Å². The summed E-state index contributed by atoms with van der Waals surface area (Å²) in [5.74, 6) is -0.443. The number of nitrogens with two attached hydrogens (primary N) is 1. The van der Waals surface area contributed by atoms with E-state index in [-0.39, 0.29) is 11.7 Å². The second kappa shape index (κ2) is 6.73. The van der Waals surface area contributed by atoms with Crippen LogP contribution < -0.4 is 11.1 Å². The number of esters is 1. The van der Waals surface area contributed by atoms with Crippen LogP contribution in [-0.2, 0) is 9.53 Å². The lowest BCUT2D eigenvalue weighted by atomic mass is 10.4. The van der Waals surface area contributed by atoms with Gasteiger partial charge in [-0.25, -0.2) is 9.78 Å². The van der Waals surface area contributed by atoms with Gasteiger partial charge < -0.3 is 15.8 Å². The summed E-state index contributed by atoms with van der Waals surface area (Å²) in [5, 5.41) is 4.88. The number of thioether (sulfide) groups is 1. The molecule has 20 heavy (non-hydrogen) atoms. The summed E-state index contributed by atoms with van der Waals surface area (Å²) in [7, 11) is 1.30. The van der Waals surface area contributed by atoms with Gasteiger partial charge in [0.25, 0.3) is 0 Å². The van der Waals surface area contributed by atoms with Gasteiger partial charge in [-0.1, -0.05) is 11.3 Å². The summed E-state index contributed by atoms with van der Waals surface area (Å²) in [6.07, 6.45) is 1.63. The number of carbonyl (C=O) groups excluding carboxylic acids is 2. The standard InChI is InChI=1S/C11H11N3O3S3/c1-17-10(16)9-6(2-3-18-9)14-7(15)5-19-8-4-13-11(12)20-8/h2-4H,5H2,1H3,(H2,12,13)(H,14,15). The molecule has 0 aliphatic heterocycles. The quantitative estimate of drug-likeness (QED) is 0.646. The van der Waals surface area contributed by atoms with Crippen molar-refractivity contribution in [2.75, 3.05) is 23.9 Å². The van der Waals surface area contributed by atoms with Crippen molar-refractivity contribution < 1.29 is 14.3 Å². The lowest BCUT2D eigenvalue weighted by Gasteiger charge is -2.04. The summed E-state index contributed by atoms with van der Waals surface area (Å²) >= 11 is 3.89. The molecule has 2 heterocycles. The first kappa shape index (κ1) is 14.8. The number of aromatic nitrogens is 1. The molecular formula is C11H11N3O3S3. The van der Waals surface area contributed by atoms with Gasteiger partial charge in [0.1, 0.15) is 4.88 Å². The SMILES string of the molecule is COC(=O)c1sccc1NC(=O)CSc1cnc(N)s1. The normalized spacial score (nSPS) is 10.2. The number of rotatable bonds is 5. The molecule has 3 N–H and O–H groups in total. The Bertz CT molecular complexity index is 623. The van der Waals surface area contributed by atoms with Crippen molar-refractivity contribution in [3.05, 3.63) is 22.5 Å². The number of thiazole rings is 1. The van der Waals surface area contributed by atoms with Gasteiger partial charge in [0.15, 0.2) is 5.13 Å². The van der Waals surface area contributed by atoms with E-state index in [0.717, 1.165) is 4.21 Å². The van der Waals surface area contributed by atoms with Crippen LogP contribution in [0.4, 0.5) is 10.8 Å². The zero-order chi connectivity index (χ0) is 14.5. The molecule has 0 saturated heterocycles. The smallest absolute Gasteiger partial charge is 0.350 e. The minimum Gasteiger partial charge on any atom is -0.465 e. The highest BCUT2D eigenvalue weighted by molar-refractivity contribution is 8.01. The van der Waals surface area contributed by atoms with E-state index in [0.29, 0.717) is 15.7 Å². The molecule has 0 spiro atoms. The zero-order valence-corrected chi connectivity index (χ0v) is 12.9. The topological polar surface area (TPSA) is 94.3 Å². The molecule has 0 aliphatic rings. The first-order valence-electron chi connectivity index (χ1n) is 5.40. The van der Waals surface area contributed by atoms with Crippen LogP contribution in [0.3, 0.4) is 0 Å². The minimum absolute atomic E-state index is 0.203. The monoisotopic (exact) mass is 329 g/mol. The van der Waals surface area contributed by atoms with Crippen LogP contribution in [0, 0.1) is 0 Å². The fourth-order valence-electron chi connectivity index (χ4n) is 1.32. The average Bonchev–Trinajstić information content (AvgIpc) is 3.04. The van der Waals surface area contributed by atoms with Gasteiger partial charge in [-0.15, -0.1) is 23.1 Å². The number of nitrogens with one attached hydrogen (secondary N) is 1. The van der Waals surface area contributed by atoms with Crippen molar-refractivity contribution in [2.24, 2.45) is 0 Å². The molecule has 106 valence electrons. The molecule has 9 heteroatoms. The van der Waals surface area contributed by atoms with Crippen molar-refractivity contribution >= 4 is 57.1 Å². The van der Waals surface area contributed by atoms with Crippen molar-refractivity contribution in [3.8, 4) is 0 Å². The Kier molecular flexibility index (Phi) is 4.99. The Morgan fingerprint density at radius 3 is 3.00 bits per heavy atom. The van der Waals surface area contributed by atoms with E-state index in [9.17, 15) is 9.59 Å². The van der Waals surface area contributed by atoms with Gasteiger partial charge in [-0.05, 0) is 11.4 Å². The highest BCUT2D eigenvalue weighted by atomic mass is 32.2. The van der Waals surface area contributed by atoms with Crippen LogP contribution in [0.2, 0.25) is 0 Å². The molecular weight excluding hydrogens is 318 g/mol. The summed E-state index contributed by atoms with van der Waals surface area (Å²) in [6, 6.07) is 1.67. The Morgan fingerprint density at radius 2 is 2.35 bits per heavy atom. The molecule has 0 fully saturated rings. The predicted molar refractivity (Wildman–Crippen MR) is 81.5 cm³/mol. The maximum absolute atomic E-state index is 11.8. The van der Waals surface area contributed by atoms with Gasteiger partial charge in [-0.3, -0.25) is 4.79 Å². The van der Waals surface area contributed by atoms with Gasteiger partial charge in [0.2, 0.25) is 5.91 Å². The number of hydrogen-bond donors (Lipinski definition) is 2. The molecule has 2 rings (SSSR count). The number of anilines is 2. The maximum atomic E-state index is 11.8. The molecule has 0 aliphatic carbocycles. The fourth-order valence-corrected chi connectivity index (χ4v) is 3.64. The number of nitrogen functional groups attached to an aromatic ring is 1. The second-order valence-corrected chi connectivity index (χ2v) is 6.76. The third-order valence-electron chi connectivity index (χ3n) is 2.16. The van der Waals surface area contributed by atoms with E-state index >= 15 is 0 Å². The van der Waals surface area contributed by atoms with E-state index < -0.39 is 5.97 Å². The molecule has 6 nitrogen and oxygen atoms in total. The first-order valence-corrected chi connectivity index (χ1v) is 8.08. The summed E-state index contributed by atoms with van der Waals surface area (Å²) in [6.45, 7) is 0. The van der Waals surface area contributed by atoms with Crippen LogP contribution in [-0.4, -0.2) is 29.7 Å². The molecule has 0 saturated carbocycles. The summed E-state index contributed by atoms with van der Waals surface area (Å²) < 4.78 is 5.51. The molecule has 2 aromatic rings. The molecule has 0 bridgehead atoms. The Labute approximate surface area is 127 Å². The highest BCUT2D eigenvalue weighted by Gasteiger charge is 2.15. The number of nitrogens with zero attached hydrogens (tertiary/aromatic N) is 1. The predicted octanol–water partition coefficient (Wildman–Crippen LogP) is 2.30. The van der Waals surface area contributed by atoms with E-state index in [1.54, 1.807) is 17.6 Å². The number of methoxy groups -OCH3 is 1. The van der Waals surface area contributed by atoms with Crippen molar-refractivity contribution in [3.63, 3.8) is 0 Å². The van der Waals surface area contributed by atoms with Gasteiger partial charge >= 0.3 is 5.97 Å². The van der Waals surface area contributed by atoms with E-state index in [4.69, 9.17) is 5.73 Å². The van der Waals surface area contributed by atoms with E-state index in [1.807, 2.05) is 0 Å². The van der Waals surface area contributed by atoms with Gasteiger partial charge in [0.05, 0.1) is 29.0 Å². The number of carbonyl (C=O) groups is 2. The van der Waals surface area contributed by atoms with Crippen LogP contribution in [0.15, 0.2) is 21.9 Å². The van der Waals surface area contributed by atoms with Crippen molar-refractivity contribution in [1.82, 2.24) is 4.98 Å². The number of hydrogen-bond acceptors (Lipinski definition) is 8. The molecule has 1 amide bonds. The zero-order valence-electron chi connectivity index (χ0n) is 10.4. The maximum Gasteiger partial charge on any atom is 0.350 e. The third kappa shape index (κ3) is 3.71. The molecule has 2 aromatic heterocycles. The van der Waals surface area contributed by atoms with Crippen LogP contribution >= 0.6 is 34.4 Å². The Morgan fingerprint density at radius 1 is 1.55 bits per heavy atom. The summed E-state index contributed by atoms with van der Waals surface area (Å²) in [5.41, 5.74) is 5.98. The first-order chi connectivity index (χ1) is 9.60. The number of amides is 1. The van der Waals surface area contributed by atoms with Crippen molar-refractivity contribution in [1.29, 1.82) is 0 Å². The van der Waals surface area contributed by atoms with Crippen LogP contribution in [0.25, 0.3) is 0 Å². The number of thiophene rings is 1. The van der Waals surface area contributed by atoms with Gasteiger partial charge in [-0.2, -0.15) is 0 Å². The van der Waals surface area contributed by atoms with Crippen LogP contribution in [0.1, 0.15) is 9.67 Å². The third-order valence-corrected chi connectivity index (χ3v) is 5.07. The molecule has 0 radical (unpaired) electrons. The Hall–Kier alpha value is -1.58. The summed E-state index contributed by atoms with van der Waals surface area (Å²) in [4.78, 5) is 27.6.